The first-order chi connectivity index (χ1) is 12.7. The van der Waals surface area contributed by atoms with Gasteiger partial charge in [0.15, 0.2) is 5.82 Å². The number of hydrogen-bond acceptors (Lipinski definition) is 6. The zero-order chi connectivity index (χ0) is 18.1. The molecule has 2 aromatic heterocycles. The van der Waals surface area contributed by atoms with Crippen molar-refractivity contribution in [3.05, 3.63) is 29.2 Å². The fourth-order valence-corrected chi connectivity index (χ4v) is 3.49. The first-order valence-electron chi connectivity index (χ1n) is 9.13. The largest absolute Gasteiger partial charge is 0.388 e. The summed E-state index contributed by atoms with van der Waals surface area (Å²) in [6, 6.07) is 1.84. The Morgan fingerprint density at radius 2 is 2.19 bits per heavy atom. The van der Waals surface area contributed by atoms with Crippen LogP contribution in [0.1, 0.15) is 60.6 Å². The number of aliphatic hydroxyl groups excluding tert-OH is 1. The maximum Gasteiger partial charge on any atom is 0.317 e. The van der Waals surface area contributed by atoms with Crippen molar-refractivity contribution in [1.82, 2.24) is 30.1 Å². The number of piperidine rings is 1. The standard InChI is InChI=1S/C17H24N6O3/c1-22-15(10-24)19-20-16(22)12-3-2-6-23(9-12)17(25)18-8-13-7-14(26-21-13)11-4-5-11/h7,11-12,24H,2-6,8-10H2,1H3,(H,18,25)/t12-/m0/s1. The Bertz CT molecular complexity index is 781. The molecule has 9 nitrogen and oxygen atoms in total. The van der Waals surface area contributed by atoms with E-state index >= 15 is 0 Å². The van der Waals surface area contributed by atoms with Crippen LogP contribution in [0.4, 0.5) is 4.79 Å². The van der Waals surface area contributed by atoms with E-state index in [1.54, 1.807) is 0 Å². The lowest BCUT2D eigenvalue weighted by Gasteiger charge is -2.32. The highest BCUT2D eigenvalue weighted by Gasteiger charge is 2.29. The van der Waals surface area contributed by atoms with Crippen LogP contribution in [-0.4, -0.2) is 49.0 Å². The van der Waals surface area contributed by atoms with Gasteiger partial charge in [-0.05, 0) is 25.7 Å². The molecule has 0 spiro atoms. The van der Waals surface area contributed by atoms with E-state index in [1.165, 1.54) is 0 Å². The lowest BCUT2D eigenvalue weighted by Crippen LogP contribution is -2.45. The molecule has 26 heavy (non-hydrogen) atoms. The second kappa shape index (κ2) is 7.06. The van der Waals surface area contributed by atoms with Crippen molar-refractivity contribution >= 4 is 6.03 Å². The summed E-state index contributed by atoms with van der Waals surface area (Å²) in [6.45, 7) is 1.55. The summed E-state index contributed by atoms with van der Waals surface area (Å²) in [5.41, 5.74) is 0.759. The van der Waals surface area contributed by atoms with Gasteiger partial charge in [0, 0.05) is 38.0 Å². The molecule has 1 saturated heterocycles. The average Bonchev–Trinajstić information content (AvgIpc) is 3.29. The lowest BCUT2D eigenvalue weighted by molar-refractivity contribution is 0.177. The van der Waals surface area contributed by atoms with Crippen LogP contribution >= 0.6 is 0 Å². The summed E-state index contributed by atoms with van der Waals surface area (Å²) in [5, 5.41) is 24.4. The van der Waals surface area contributed by atoms with Crippen LogP contribution < -0.4 is 5.32 Å². The Morgan fingerprint density at radius 3 is 2.92 bits per heavy atom. The molecule has 1 aliphatic heterocycles. The highest BCUT2D eigenvalue weighted by molar-refractivity contribution is 5.74. The molecular formula is C17H24N6O3. The van der Waals surface area contributed by atoms with Gasteiger partial charge in [0.05, 0.1) is 6.54 Å². The normalized spacial score (nSPS) is 20.4. The predicted octanol–water partition coefficient (Wildman–Crippen LogP) is 1.26. The highest BCUT2D eigenvalue weighted by Crippen LogP contribution is 2.40. The fourth-order valence-electron chi connectivity index (χ4n) is 3.49. The number of urea groups is 1. The van der Waals surface area contributed by atoms with Crippen molar-refractivity contribution in [2.45, 2.75) is 50.7 Å². The second-order valence-electron chi connectivity index (χ2n) is 7.13. The second-order valence-corrected chi connectivity index (χ2v) is 7.13. The monoisotopic (exact) mass is 360 g/mol. The number of nitrogens with zero attached hydrogens (tertiary/aromatic N) is 5. The van der Waals surface area contributed by atoms with Crippen molar-refractivity contribution in [1.29, 1.82) is 0 Å². The number of nitrogens with one attached hydrogen (secondary N) is 1. The molecular weight excluding hydrogens is 336 g/mol. The Balaban J connectivity index is 1.34. The van der Waals surface area contributed by atoms with Gasteiger partial charge in [0.25, 0.3) is 0 Å². The van der Waals surface area contributed by atoms with Gasteiger partial charge in [-0.15, -0.1) is 10.2 Å². The third-order valence-corrected chi connectivity index (χ3v) is 5.19. The number of amides is 2. The van der Waals surface area contributed by atoms with Gasteiger partial charge in [0.1, 0.15) is 23.9 Å². The molecule has 2 fully saturated rings. The quantitative estimate of drug-likeness (QED) is 0.831. The molecule has 3 heterocycles. The van der Waals surface area contributed by atoms with Crippen LogP contribution in [0, 0.1) is 0 Å². The van der Waals surface area contributed by atoms with E-state index < -0.39 is 0 Å². The summed E-state index contributed by atoms with van der Waals surface area (Å²) in [5.74, 6) is 2.93. The summed E-state index contributed by atoms with van der Waals surface area (Å²) >= 11 is 0. The Kier molecular flexibility index (Phi) is 4.62. The third-order valence-electron chi connectivity index (χ3n) is 5.19. The van der Waals surface area contributed by atoms with Gasteiger partial charge in [-0.1, -0.05) is 5.16 Å². The summed E-state index contributed by atoms with van der Waals surface area (Å²) < 4.78 is 7.13. The average molecular weight is 360 g/mol. The summed E-state index contributed by atoms with van der Waals surface area (Å²) in [7, 11) is 1.85. The van der Waals surface area contributed by atoms with E-state index in [0.29, 0.717) is 24.8 Å². The third kappa shape index (κ3) is 3.44. The van der Waals surface area contributed by atoms with Gasteiger partial charge >= 0.3 is 6.03 Å². The maximum atomic E-state index is 12.5. The molecule has 2 amide bonds. The molecule has 0 bridgehead atoms. The van der Waals surface area contributed by atoms with Crippen molar-refractivity contribution < 1.29 is 14.4 Å². The highest BCUT2D eigenvalue weighted by atomic mass is 16.5. The van der Waals surface area contributed by atoms with E-state index in [4.69, 9.17) is 4.52 Å². The van der Waals surface area contributed by atoms with Crippen LogP contribution in [0.5, 0.6) is 0 Å². The van der Waals surface area contributed by atoms with Gasteiger partial charge < -0.3 is 24.4 Å². The smallest absolute Gasteiger partial charge is 0.317 e. The minimum Gasteiger partial charge on any atom is -0.388 e. The first kappa shape index (κ1) is 17.0. The molecule has 0 radical (unpaired) electrons. The molecule has 1 atom stereocenters. The fraction of sp³-hybridized carbons (Fsp3) is 0.647. The molecule has 2 N–H and O–H groups in total. The van der Waals surface area contributed by atoms with Crippen LogP contribution in [0.25, 0.3) is 0 Å². The Hall–Kier alpha value is -2.42. The van der Waals surface area contributed by atoms with Crippen LogP contribution in [0.15, 0.2) is 10.6 Å². The number of rotatable bonds is 5. The van der Waals surface area contributed by atoms with E-state index in [9.17, 15) is 9.90 Å². The van der Waals surface area contributed by atoms with Crippen LogP contribution in [-0.2, 0) is 20.2 Å². The Morgan fingerprint density at radius 1 is 1.35 bits per heavy atom. The van der Waals surface area contributed by atoms with Crippen molar-refractivity contribution in [3.8, 4) is 0 Å². The van der Waals surface area contributed by atoms with Gasteiger partial charge in [-0.3, -0.25) is 0 Å². The minimum atomic E-state index is -0.138. The SMILES string of the molecule is Cn1c(CO)nnc1[C@H]1CCCN(C(=O)NCc2cc(C3CC3)on2)C1. The topological polar surface area (TPSA) is 109 Å². The van der Waals surface area contributed by atoms with Crippen molar-refractivity contribution in [2.75, 3.05) is 13.1 Å². The number of aromatic nitrogens is 4. The summed E-state index contributed by atoms with van der Waals surface area (Å²) in [6.07, 6.45) is 4.19. The van der Waals surface area contributed by atoms with E-state index in [1.807, 2.05) is 22.6 Å². The molecule has 0 aromatic carbocycles. The van der Waals surface area contributed by atoms with Gasteiger partial charge in [-0.25, -0.2) is 4.79 Å². The lowest BCUT2D eigenvalue weighted by atomic mass is 9.97. The maximum absolute atomic E-state index is 12.5. The number of carbonyl (C=O) groups is 1. The zero-order valence-corrected chi connectivity index (χ0v) is 14.9. The molecule has 1 aliphatic carbocycles. The molecule has 2 aliphatic rings. The Labute approximate surface area is 151 Å². The van der Waals surface area contributed by atoms with E-state index in [-0.39, 0.29) is 18.6 Å². The minimum absolute atomic E-state index is 0.102. The predicted molar refractivity (Wildman–Crippen MR) is 91.2 cm³/mol. The summed E-state index contributed by atoms with van der Waals surface area (Å²) in [4.78, 5) is 14.3. The number of carbonyl (C=O) groups excluding carboxylic acids is 1. The molecule has 140 valence electrons. The zero-order valence-electron chi connectivity index (χ0n) is 14.9. The van der Waals surface area contributed by atoms with Gasteiger partial charge in [-0.2, -0.15) is 0 Å². The van der Waals surface area contributed by atoms with E-state index in [0.717, 1.165) is 49.5 Å². The van der Waals surface area contributed by atoms with E-state index in [2.05, 4.69) is 20.7 Å². The van der Waals surface area contributed by atoms with Crippen LogP contribution in [0.2, 0.25) is 0 Å². The van der Waals surface area contributed by atoms with Crippen molar-refractivity contribution in [2.24, 2.45) is 7.05 Å². The molecule has 1 saturated carbocycles. The number of hydrogen-bond donors (Lipinski definition) is 2. The molecule has 4 rings (SSSR count). The first-order valence-corrected chi connectivity index (χ1v) is 9.13. The molecule has 2 aromatic rings. The van der Waals surface area contributed by atoms with Crippen molar-refractivity contribution in [3.63, 3.8) is 0 Å². The number of aliphatic hydroxyl groups is 1. The van der Waals surface area contributed by atoms with Gasteiger partial charge in [0.2, 0.25) is 0 Å². The van der Waals surface area contributed by atoms with Crippen LogP contribution in [0.3, 0.4) is 0 Å². The molecule has 0 unspecified atom stereocenters. The number of likely N-dealkylation sites (tertiary alicyclic amines) is 1. The molecule has 9 heteroatoms.